The number of hydrogen-bond donors (Lipinski definition) is 1. The maximum absolute atomic E-state index is 11.9. The third-order valence-electron chi connectivity index (χ3n) is 2.21. The SMILES string of the molecule is Cc1cc(C(=O)Nc2cc(Cl)ccc2Cl)ncn1. The lowest BCUT2D eigenvalue weighted by Crippen LogP contribution is -2.14. The largest absolute Gasteiger partial charge is 0.319 e. The van der Waals surface area contributed by atoms with Crippen LogP contribution in [-0.4, -0.2) is 15.9 Å². The van der Waals surface area contributed by atoms with Crippen molar-refractivity contribution in [1.29, 1.82) is 0 Å². The van der Waals surface area contributed by atoms with Gasteiger partial charge in [-0.1, -0.05) is 23.2 Å². The fraction of sp³-hybridized carbons (Fsp3) is 0.0833. The van der Waals surface area contributed by atoms with Crippen LogP contribution in [-0.2, 0) is 0 Å². The van der Waals surface area contributed by atoms with Crippen molar-refractivity contribution >= 4 is 34.8 Å². The number of nitrogens with zero attached hydrogens (tertiary/aromatic N) is 2. The summed E-state index contributed by atoms with van der Waals surface area (Å²) >= 11 is 11.8. The molecule has 4 nitrogen and oxygen atoms in total. The lowest BCUT2D eigenvalue weighted by atomic mass is 10.3. The summed E-state index contributed by atoms with van der Waals surface area (Å²) in [5.41, 5.74) is 1.44. The van der Waals surface area contributed by atoms with E-state index in [4.69, 9.17) is 23.2 Å². The highest BCUT2D eigenvalue weighted by molar-refractivity contribution is 6.35. The fourth-order valence-corrected chi connectivity index (χ4v) is 1.70. The molecule has 0 spiro atoms. The molecule has 0 atom stereocenters. The maximum Gasteiger partial charge on any atom is 0.274 e. The van der Waals surface area contributed by atoms with E-state index in [9.17, 15) is 4.79 Å². The van der Waals surface area contributed by atoms with Gasteiger partial charge in [0.1, 0.15) is 12.0 Å². The Hall–Kier alpha value is -1.65. The number of aryl methyl sites for hydroxylation is 1. The van der Waals surface area contributed by atoms with Gasteiger partial charge < -0.3 is 5.32 Å². The minimum Gasteiger partial charge on any atom is -0.319 e. The van der Waals surface area contributed by atoms with Crippen LogP contribution in [0, 0.1) is 6.92 Å². The number of anilines is 1. The molecule has 92 valence electrons. The van der Waals surface area contributed by atoms with Crippen molar-refractivity contribution in [3.05, 3.63) is 52.0 Å². The second kappa shape index (κ2) is 5.33. The first kappa shape index (κ1) is 12.8. The highest BCUT2D eigenvalue weighted by atomic mass is 35.5. The van der Waals surface area contributed by atoms with Gasteiger partial charge in [-0.3, -0.25) is 4.79 Å². The normalized spacial score (nSPS) is 10.2. The predicted molar refractivity (Wildman–Crippen MR) is 71.2 cm³/mol. The third-order valence-corrected chi connectivity index (χ3v) is 2.78. The van der Waals surface area contributed by atoms with E-state index in [-0.39, 0.29) is 11.6 Å². The Morgan fingerprint density at radius 1 is 1.22 bits per heavy atom. The first-order chi connectivity index (χ1) is 8.56. The van der Waals surface area contributed by atoms with Gasteiger partial charge in [0, 0.05) is 10.7 Å². The van der Waals surface area contributed by atoms with E-state index < -0.39 is 0 Å². The van der Waals surface area contributed by atoms with E-state index in [2.05, 4.69) is 15.3 Å². The zero-order chi connectivity index (χ0) is 13.1. The van der Waals surface area contributed by atoms with Crippen molar-refractivity contribution in [1.82, 2.24) is 9.97 Å². The smallest absolute Gasteiger partial charge is 0.274 e. The molecule has 0 bridgehead atoms. The van der Waals surface area contributed by atoms with Crippen molar-refractivity contribution in [2.24, 2.45) is 0 Å². The first-order valence-corrected chi connectivity index (χ1v) is 5.87. The van der Waals surface area contributed by atoms with Crippen LogP contribution in [0.15, 0.2) is 30.6 Å². The quantitative estimate of drug-likeness (QED) is 0.919. The molecule has 2 rings (SSSR count). The highest BCUT2D eigenvalue weighted by Gasteiger charge is 2.10. The summed E-state index contributed by atoms with van der Waals surface area (Å²) in [6.07, 6.45) is 1.34. The summed E-state index contributed by atoms with van der Waals surface area (Å²) in [6, 6.07) is 6.43. The molecule has 0 aliphatic rings. The van der Waals surface area contributed by atoms with Gasteiger partial charge in [0.25, 0.3) is 5.91 Å². The van der Waals surface area contributed by atoms with Crippen LogP contribution in [0.4, 0.5) is 5.69 Å². The number of nitrogens with one attached hydrogen (secondary N) is 1. The molecule has 0 saturated carbocycles. The van der Waals surface area contributed by atoms with E-state index in [0.29, 0.717) is 21.4 Å². The summed E-state index contributed by atoms with van der Waals surface area (Å²) in [7, 11) is 0. The van der Waals surface area contributed by atoms with Crippen LogP contribution in [0.2, 0.25) is 10.0 Å². The van der Waals surface area contributed by atoms with Crippen molar-refractivity contribution in [3.8, 4) is 0 Å². The molecule has 2 aromatic rings. The van der Waals surface area contributed by atoms with Crippen molar-refractivity contribution < 1.29 is 4.79 Å². The summed E-state index contributed by atoms with van der Waals surface area (Å²) in [4.78, 5) is 19.7. The molecule has 1 amide bonds. The molecule has 0 radical (unpaired) electrons. The summed E-state index contributed by atoms with van der Waals surface area (Å²) in [6.45, 7) is 1.78. The number of aromatic nitrogens is 2. The van der Waals surface area contributed by atoms with Crippen LogP contribution < -0.4 is 5.32 Å². The molecule has 6 heteroatoms. The van der Waals surface area contributed by atoms with E-state index in [1.54, 1.807) is 31.2 Å². The lowest BCUT2D eigenvalue weighted by molar-refractivity contribution is 0.102. The Morgan fingerprint density at radius 2 is 2.00 bits per heavy atom. The molecule has 1 N–H and O–H groups in total. The molecule has 0 fully saturated rings. The second-order valence-electron chi connectivity index (χ2n) is 3.62. The average molecular weight is 282 g/mol. The lowest BCUT2D eigenvalue weighted by Gasteiger charge is -2.07. The topological polar surface area (TPSA) is 54.9 Å². The van der Waals surface area contributed by atoms with Crippen molar-refractivity contribution in [2.45, 2.75) is 6.92 Å². The minimum absolute atomic E-state index is 0.276. The van der Waals surface area contributed by atoms with Gasteiger partial charge in [-0.15, -0.1) is 0 Å². The molecule has 1 aromatic carbocycles. The minimum atomic E-state index is -0.357. The van der Waals surface area contributed by atoms with Crippen LogP contribution >= 0.6 is 23.2 Å². The summed E-state index contributed by atoms with van der Waals surface area (Å²) in [5.74, 6) is -0.357. The monoisotopic (exact) mass is 281 g/mol. The zero-order valence-corrected chi connectivity index (χ0v) is 11.0. The predicted octanol–water partition coefficient (Wildman–Crippen LogP) is 3.34. The molecular weight excluding hydrogens is 273 g/mol. The molecular formula is C12H9Cl2N3O. The molecule has 0 saturated heterocycles. The van der Waals surface area contributed by atoms with E-state index >= 15 is 0 Å². The number of amides is 1. The number of rotatable bonds is 2. The first-order valence-electron chi connectivity index (χ1n) is 5.11. The molecule has 1 heterocycles. The number of benzene rings is 1. The Balaban J connectivity index is 2.24. The van der Waals surface area contributed by atoms with Crippen LogP contribution in [0.5, 0.6) is 0 Å². The Kier molecular flexibility index (Phi) is 3.79. The molecule has 0 aliphatic heterocycles. The molecule has 0 aliphatic carbocycles. The number of hydrogen-bond acceptors (Lipinski definition) is 3. The van der Waals surface area contributed by atoms with E-state index in [0.717, 1.165) is 0 Å². The number of carbonyl (C=O) groups excluding carboxylic acids is 1. The second-order valence-corrected chi connectivity index (χ2v) is 4.47. The van der Waals surface area contributed by atoms with E-state index in [1.807, 2.05) is 0 Å². The zero-order valence-electron chi connectivity index (χ0n) is 9.45. The van der Waals surface area contributed by atoms with E-state index in [1.165, 1.54) is 6.33 Å². The fourth-order valence-electron chi connectivity index (χ4n) is 1.36. The molecule has 1 aromatic heterocycles. The van der Waals surface area contributed by atoms with Crippen LogP contribution in [0.25, 0.3) is 0 Å². The van der Waals surface area contributed by atoms with Gasteiger partial charge in [0.15, 0.2) is 0 Å². The van der Waals surface area contributed by atoms with Gasteiger partial charge in [0.05, 0.1) is 10.7 Å². The Morgan fingerprint density at radius 3 is 2.72 bits per heavy atom. The van der Waals surface area contributed by atoms with Gasteiger partial charge in [-0.25, -0.2) is 9.97 Å². The van der Waals surface area contributed by atoms with Gasteiger partial charge in [-0.2, -0.15) is 0 Å². The van der Waals surface area contributed by atoms with Crippen LogP contribution in [0.1, 0.15) is 16.2 Å². The van der Waals surface area contributed by atoms with Gasteiger partial charge >= 0.3 is 0 Å². The van der Waals surface area contributed by atoms with Crippen molar-refractivity contribution in [3.63, 3.8) is 0 Å². The van der Waals surface area contributed by atoms with Gasteiger partial charge in [-0.05, 0) is 31.2 Å². The van der Waals surface area contributed by atoms with Crippen LogP contribution in [0.3, 0.4) is 0 Å². The standard InChI is InChI=1S/C12H9Cl2N3O/c1-7-4-11(16-6-15-7)12(18)17-10-5-8(13)2-3-9(10)14/h2-6H,1H3,(H,17,18). The molecule has 18 heavy (non-hydrogen) atoms. The summed E-state index contributed by atoms with van der Waals surface area (Å²) < 4.78 is 0. The van der Waals surface area contributed by atoms with Gasteiger partial charge in [0.2, 0.25) is 0 Å². The number of carbonyl (C=O) groups is 1. The number of halogens is 2. The average Bonchev–Trinajstić information content (AvgIpc) is 2.34. The maximum atomic E-state index is 11.9. The Bertz CT molecular complexity index is 602. The third kappa shape index (κ3) is 2.97. The van der Waals surface area contributed by atoms with Crippen molar-refractivity contribution in [2.75, 3.05) is 5.32 Å². The highest BCUT2D eigenvalue weighted by Crippen LogP contribution is 2.25. The Labute approximate surface area is 114 Å². The summed E-state index contributed by atoms with van der Waals surface area (Å²) in [5, 5.41) is 3.56. The molecule has 0 unspecified atom stereocenters.